The van der Waals surface area contributed by atoms with Crippen LogP contribution in [-0.4, -0.2) is 86.1 Å². The Bertz CT molecular complexity index is 1050. The molecule has 0 bridgehead atoms. The van der Waals surface area contributed by atoms with Gasteiger partial charge in [-0.05, 0) is 68.8 Å². The van der Waals surface area contributed by atoms with Crippen LogP contribution in [0.4, 0.5) is 10.2 Å². The van der Waals surface area contributed by atoms with E-state index >= 15 is 0 Å². The van der Waals surface area contributed by atoms with Crippen molar-refractivity contribution in [3.63, 3.8) is 0 Å². The van der Waals surface area contributed by atoms with Gasteiger partial charge >= 0.3 is 5.97 Å². The van der Waals surface area contributed by atoms with E-state index in [0.717, 1.165) is 50.2 Å². The fourth-order valence-corrected chi connectivity index (χ4v) is 4.56. The number of amides is 1. The zero-order chi connectivity index (χ0) is 27.3. The number of carbonyl (C=O) groups excluding carboxylic acids is 1. The number of anilines is 1. The number of para-hydroxylation sites is 1. The molecule has 2 unspecified atom stereocenters. The lowest BCUT2D eigenvalue weighted by Crippen LogP contribution is -2.44. The number of benzene rings is 1. The molecular formula is C28H39FN4O5. The number of carbonyl (C=O) groups is 2. The number of rotatable bonds is 16. The smallest absolute Gasteiger partial charge is 0.326 e. The number of ether oxygens (including phenoxy) is 2. The molecule has 2 atom stereocenters. The molecule has 0 saturated carbocycles. The Kier molecular flexibility index (Phi) is 11.8. The SMILES string of the molecule is COc1ccccc1C(=O)NC(CCN(CCCCc1ccc2c(n1)NCCC2)CC(CF)OC)C(=O)O. The monoisotopic (exact) mass is 530 g/mol. The van der Waals surface area contributed by atoms with Gasteiger partial charge in [0.2, 0.25) is 0 Å². The molecule has 9 nitrogen and oxygen atoms in total. The van der Waals surface area contributed by atoms with Crippen LogP contribution in [0, 0.1) is 0 Å². The van der Waals surface area contributed by atoms with E-state index in [9.17, 15) is 19.1 Å². The van der Waals surface area contributed by atoms with Crippen LogP contribution < -0.4 is 15.4 Å². The molecule has 0 spiro atoms. The van der Waals surface area contributed by atoms with Crippen molar-refractivity contribution in [3.05, 3.63) is 53.2 Å². The van der Waals surface area contributed by atoms with Crippen LogP contribution in [0.5, 0.6) is 5.75 Å². The predicted octanol–water partition coefficient (Wildman–Crippen LogP) is 3.33. The first kappa shape index (κ1) is 29.3. The Labute approximate surface area is 223 Å². The molecule has 1 aromatic carbocycles. The fourth-order valence-electron chi connectivity index (χ4n) is 4.56. The van der Waals surface area contributed by atoms with Gasteiger partial charge in [0.25, 0.3) is 5.91 Å². The first-order valence-electron chi connectivity index (χ1n) is 13.2. The number of fused-ring (bicyclic) bond motifs is 1. The molecule has 0 radical (unpaired) electrons. The summed E-state index contributed by atoms with van der Waals surface area (Å²) < 4.78 is 23.8. The molecule has 0 saturated heterocycles. The first-order chi connectivity index (χ1) is 18.4. The summed E-state index contributed by atoms with van der Waals surface area (Å²) in [5.41, 5.74) is 2.56. The Balaban J connectivity index is 1.55. The number of methoxy groups -OCH3 is 2. The van der Waals surface area contributed by atoms with E-state index in [4.69, 9.17) is 14.5 Å². The van der Waals surface area contributed by atoms with E-state index in [1.165, 1.54) is 19.8 Å². The number of carboxylic acids is 1. The molecule has 3 N–H and O–H groups in total. The maximum Gasteiger partial charge on any atom is 0.326 e. The third-order valence-corrected chi connectivity index (χ3v) is 6.77. The maximum atomic E-state index is 13.4. The Hall–Kier alpha value is -3.24. The topological polar surface area (TPSA) is 113 Å². The minimum Gasteiger partial charge on any atom is -0.496 e. The van der Waals surface area contributed by atoms with Gasteiger partial charge < -0.3 is 30.1 Å². The van der Waals surface area contributed by atoms with Crippen LogP contribution >= 0.6 is 0 Å². The number of aliphatic carboxylic acids is 1. The molecule has 38 heavy (non-hydrogen) atoms. The summed E-state index contributed by atoms with van der Waals surface area (Å²) in [7, 11) is 2.92. The van der Waals surface area contributed by atoms with Gasteiger partial charge in [0.05, 0.1) is 18.8 Å². The second-order valence-corrected chi connectivity index (χ2v) is 9.46. The van der Waals surface area contributed by atoms with Crippen molar-refractivity contribution in [2.24, 2.45) is 0 Å². The van der Waals surface area contributed by atoms with E-state index in [-0.39, 0.29) is 12.0 Å². The largest absolute Gasteiger partial charge is 0.496 e. The summed E-state index contributed by atoms with van der Waals surface area (Å²) >= 11 is 0. The van der Waals surface area contributed by atoms with Crippen molar-refractivity contribution in [3.8, 4) is 5.75 Å². The number of unbranched alkanes of at least 4 members (excludes halogenated alkanes) is 1. The second-order valence-electron chi connectivity index (χ2n) is 9.46. The lowest BCUT2D eigenvalue weighted by molar-refractivity contribution is -0.139. The van der Waals surface area contributed by atoms with Gasteiger partial charge in [0.15, 0.2) is 0 Å². The van der Waals surface area contributed by atoms with Crippen LogP contribution in [-0.2, 0) is 22.4 Å². The minimum absolute atomic E-state index is 0.164. The summed E-state index contributed by atoms with van der Waals surface area (Å²) in [5.74, 6) is -0.303. The third-order valence-electron chi connectivity index (χ3n) is 6.77. The average Bonchev–Trinajstić information content (AvgIpc) is 2.95. The number of nitrogens with one attached hydrogen (secondary N) is 2. The second kappa shape index (κ2) is 15.2. The van der Waals surface area contributed by atoms with Gasteiger partial charge in [-0.25, -0.2) is 14.2 Å². The van der Waals surface area contributed by atoms with Gasteiger partial charge in [-0.1, -0.05) is 18.2 Å². The number of nitrogens with zero attached hydrogens (tertiary/aromatic N) is 2. The quantitative estimate of drug-likeness (QED) is 0.283. The molecule has 2 aromatic rings. The highest BCUT2D eigenvalue weighted by Gasteiger charge is 2.24. The molecule has 1 aliphatic rings. The van der Waals surface area contributed by atoms with Crippen molar-refractivity contribution < 1.29 is 28.6 Å². The highest BCUT2D eigenvalue weighted by Crippen LogP contribution is 2.20. The number of hydrogen-bond acceptors (Lipinski definition) is 7. The highest BCUT2D eigenvalue weighted by atomic mass is 19.1. The third kappa shape index (κ3) is 8.66. The van der Waals surface area contributed by atoms with E-state index in [1.807, 2.05) is 4.90 Å². The van der Waals surface area contributed by atoms with Gasteiger partial charge in [0.1, 0.15) is 24.3 Å². The number of carboxylic acid groups (broad SMARTS) is 1. The van der Waals surface area contributed by atoms with Crippen molar-refractivity contribution in [1.82, 2.24) is 15.2 Å². The molecule has 3 rings (SSSR count). The molecule has 1 aromatic heterocycles. The van der Waals surface area contributed by atoms with E-state index in [2.05, 4.69) is 22.8 Å². The Morgan fingerprint density at radius 1 is 1.18 bits per heavy atom. The number of pyridine rings is 1. The molecule has 10 heteroatoms. The zero-order valence-corrected chi connectivity index (χ0v) is 22.2. The van der Waals surface area contributed by atoms with Gasteiger partial charge in [-0.3, -0.25) is 4.79 Å². The van der Waals surface area contributed by atoms with Crippen LogP contribution in [0.2, 0.25) is 0 Å². The summed E-state index contributed by atoms with van der Waals surface area (Å²) in [4.78, 5) is 31.4. The molecule has 208 valence electrons. The Morgan fingerprint density at radius 3 is 2.74 bits per heavy atom. The van der Waals surface area contributed by atoms with Crippen LogP contribution in [0.3, 0.4) is 0 Å². The van der Waals surface area contributed by atoms with Gasteiger partial charge in [-0.2, -0.15) is 0 Å². The zero-order valence-electron chi connectivity index (χ0n) is 22.2. The number of aryl methyl sites for hydroxylation is 2. The highest BCUT2D eigenvalue weighted by molar-refractivity contribution is 5.98. The van der Waals surface area contributed by atoms with Crippen molar-refractivity contribution >= 4 is 17.7 Å². The molecule has 2 heterocycles. The fraction of sp³-hybridized carbons (Fsp3) is 0.536. The van der Waals surface area contributed by atoms with Crippen molar-refractivity contribution in [2.45, 2.75) is 50.7 Å². The molecule has 1 aliphatic heterocycles. The van der Waals surface area contributed by atoms with Gasteiger partial charge in [0, 0.05) is 32.4 Å². The molecule has 1 amide bonds. The minimum atomic E-state index is -1.13. The van der Waals surface area contributed by atoms with E-state index in [0.29, 0.717) is 25.4 Å². The lowest BCUT2D eigenvalue weighted by Gasteiger charge is -2.27. The number of aromatic nitrogens is 1. The summed E-state index contributed by atoms with van der Waals surface area (Å²) in [5, 5.41) is 15.7. The van der Waals surface area contributed by atoms with Crippen LogP contribution in [0.25, 0.3) is 0 Å². The number of hydrogen-bond donors (Lipinski definition) is 3. The average molecular weight is 531 g/mol. The van der Waals surface area contributed by atoms with Crippen molar-refractivity contribution in [1.29, 1.82) is 0 Å². The number of alkyl halides is 1. The summed E-state index contributed by atoms with van der Waals surface area (Å²) in [6.07, 6.45) is 4.29. The number of halogens is 1. The van der Waals surface area contributed by atoms with Crippen LogP contribution in [0.1, 0.15) is 47.3 Å². The van der Waals surface area contributed by atoms with E-state index < -0.39 is 30.7 Å². The molecule has 0 aliphatic carbocycles. The van der Waals surface area contributed by atoms with Gasteiger partial charge in [-0.15, -0.1) is 0 Å². The first-order valence-corrected chi connectivity index (χ1v) is 13.2. The standard InChI is InChI=1S/C28H39FN4O5/c1-37-22(18-29)19-33(16-6-5-9-21-13-12-20-8-7-15-30-26(20)31-21)17-14-24(28(35)36)32-27(34)23-10-3-4-11-25(23)38-2/h3-4,10-13,22,24H,5-9,14-19H2,1-2H3,(H,30,31)(H,32,34)(H,35,36). The maximum absolute atomic E-state index is 13.4. The Morgan fingerprint density at radius 2 is 2.00 bits per heavy atom. The normalized spacial score (nSPS) is 14.3. The summed E-state index contributed by atoms with van der Waals surface area (Å²) in [6, 6.07) is 9.77. The van der Waals surface area contributed by atoms with Crippen LogP contribution in [0.15, 0.2) is 36.4 Å². The van der Waals surface area contributed by atoms with E-state index in [1.54, 1.807) is 24.3 Å². The molecule has 0 fully saturated rings. The molecular weight excluding hydrogens is 491 g/mol. The predicted molar refractivity (Wildman–Crippen MR) is 144 cm³/mol. The summed E-state index contributed by atoms with van der Waals surface area (Å²) in [6.45, 7) is 1.66. The lowest BCUT2D eigenvalue weighted by atomic mass is 10.1. The van der Waals surface area contributed by atoms with Crippen molar-refractivity contribution in [2.75, 3.05) is 52.4 Å².